The Morgan fingerprint density at radius 2 is 1.43 bits per heavy atom. The molecule has 0 atom stereocenters. The van der Waals surface area contributed by atoms with Crippen molar-refractivity contribution in [2.24, 2.45) is 0 Å². The van der Waals surface area contributed by atoms with E-state index in [9.17, 15) is 26.4 Å². The van der Waals surface area contributed by atoms with Crippen LogP contribution < -0.4 is 19.8 Å². The number of sulfonamides is 1. The lowest BCUT2D eigenvalue weighted by Gasteiger charge is -2.36. The number of carboxylic acids is 1. The van der Waals surface area contributed by atoms with E-state index in [2.05, 4.69) is 32.0 Å². The summed E-state index contributed by atoms with van der Waals surface area (Å²) < 4.78 is 61.0. The van der Waals surface area contributed by atoms with Gasteiger partial charge in [-0.25, -0.2) is 13.2 Å². The molecule has 3 aromatic rings. The molecule has 0 radical (unpaired) electrons. The summed E-state index contributed by atoms with van der Waals surface area (Å²) in [5, 5.41) is 10.5. The van der Waals surface area contributed by atoms with E-state index in [4.69, 9.17) is 9.90 Å². The van der Waals surface area contributed by atoms with Gasteiger partial charge in [-0.2, -0.15) is 13.2 Å². The molecule has 5 rings (SSSR count). The molecule has 0 bridgehead atoms. The predicted octanol–water partition coefficient (Wildman–Crippen LogP) is 3.80. The number of halogens is 3. The standard InChI is InChI=1S/C28H33N5O3S.C2HF3O2/c1-22-7-10-25(11-8-22)37(35,36)30-26-21-23(9-12-27(26)32-15-13-29-14-16-32)28(34)33-19-17-31(18-20-33)24-5-3-2-4-6-24;3-2(4,5)1(6)7/h2-12,21,29-30H,13-20H2,1H3;(H,6,7). The monoisotopic (exact) mass is 633 g/mol. The average molecular weight is 634 g/mol. The summed E-state index contributed by atoms with van der Waals surface area (Å²) in [4.78, 5) is 28.8. The summed E-state index contributed by atoms with van der Waals surface area (Å²) in [6.45, 7) is 7.79. The van der Waals surface area contributed by atoms with Crippen LogP contribution in [0.5, 0.6) is 0 Å². The minimum Gasteiger partial charge on any atom is -0.475 e. The molecule has 3 aromatic carbocycles. The van der Waals surface area contributed by atoms with Crippen molar-refractivity contribution < 1.29 is 36.3 Å². The molecule has 10 nitrogen and oxygen atoms in total. The van der Waals surface area contributed by atoms with Gasteiger partial charge >= 0.3 is 12.1 Å². The maximum absolute atomic E-state index is 13.5. The van der Waals surface area contributed by atoms with Gasteiger partial charge in [0.15, 0.2) is 0 Å². The predicted molar refractivity (Wildman–Crippen MR) is 162 cm³/mol. The number of benzene rings is 3. The van der Waals surface area contributed by atoms with Gasteiger partial charge in [-0.1, -0.05) is 35.9 Å². The third-order valence-corrected chi connectivity index (χ3v) is 8.59. The van der Waals surface area contributed by atoms with Crippen molar-refractivity contribution in [3.63, 3.8) is 0 Å². The maximum Gasteiger partial charge on any atom is 0.490 e. The van der Waals surface area contributed by atoms with Crippen LogP contribution in [0.2, 0.25) is 0 Å². The van der Waals surface area contributed by atoms with Gasteiger partial charge in [-0.3, -0.25) is 9.52 Å². The zero-order valence-corrected chi connectivity index (χ0v) is 24.9. The van der Waals surface area contributed by atoms with Gasteiger partial charge in [-0.05, 0) is 49.4 Å². The molecule has 236 valence electrons. The topological polar surface area (TPSA) is 122 Å². The number of carbonyl (C=O) groups excluding carboxylic acids is 1. The summed E-state index contributed by atoms with van der Waals surface area (Å²) in [6, 6.07) is 22.3. The van der Waals surface area contributed by atoms with Crippen LogP contribution in [-0.4, -0.2) is 88.8 Å². The fourth-order valence-corrected chi connectivity index (χ4v) is 5.91. The zero-order chi connectivity index (χ0) is 31.9. The second-order valence-corrected chi connectivity index (χ2v) is 12.0. The lowest BCUT2D eigenvalue weighted by Crippen LogP contribution is -2.48. The van der Waals surface area contributed by atoms with Crippen molar-refractivity contribution in [3.05, 3.63) is 83.9 Å². The average Bonchev–Trinajstić information content (AvgIpc) is 3.01. The highest BCUT2D eigenvalue weighted by Gasteiger charge is 2.38. The Morgan fingerprint density at radius 1 is 0.841 bits per heavy atom. The number of para-hydroxylation sites is 1. The Bertz CT molecular complexity index is 1540. The molecule has 1 amide bonds. The fraction of sp³-hybridized carbons (Fsp3) is 0.333. The summed E-state index contributed by atoms with van der Waals surface area (Å²) in [7, 11) is -3.82. The maximum atomic E-state index is 13.5. The minimum atomic E-state index is -5.08. The number of piperazine rings is 2. The zero-order valence-electron chi connectivity index (χ0n) is 24.0. The van der Waals surface area contributed by atoms with Gasteiger partial charge in [0, 0.05) is 63.6 Å². The summed E-state index contributed by atoms with van der Waals surface area (Å²) in [5.74, 6) is -2.84. The molecule has 2 aliphatic heterocycles. The van der Waals surface area contributed by atoms with E-state index in [1.807, 2.05) is 42.2 Å². The van der Waals surface area contributed by atoms with Crippen LogP contribution in [0.15, 0.2) is 77.7 Å². The number of nitrogens with one attached hydrogen (secondary N) is 2. The first-order valence-electron chi connectivity index (χ1n) is 13.9. The van der Waals surface area contributed by atoms with Gasteiger partial charge in [0.25, 0.3) is 15.9 Å². The fourth-order valence-electron chi connectivity index (χ4n) is 4.84. The number of nitrogens with zero attached hydrogens (tertiary/aromatic N) is 3. The number of aliphatic carboxylic acids is 1. The smallest absolute Gasteiger partial charge is 0.475 e. The van der Waals surface area contributed by atoms with Crippen molar-refractivity contribution in [3.8, 4) is 0 Å². The number of hydrogen-bond acceptors (Lipinski definition) is 7. The van der Waals surface area contributed by atoms with Gasteiger partial charge < -0.3 is 25.1 Å². The van der Waals surface area contributed by atoms with Crippen LogP contribution >= 0.6 is 0 Å². The first-order valence-corrected chi connectivity index (χ1v) is 15.4. The third kappa shape index (κ3) is 8.41. The van der Waals surface area contributed by atoms with E-state index in [1.54, 1.807) is 30.3 Å². The van der Waals surface area contributed by atoms with E-state index in [0.717, 1.165) is 56.2 Å². The lowest BCUT2D eigenvalue weighted by molar-refractivity contribution is -0.192. The number of amides is 1. The summed E-state index contributed by atoms with van der Waals surface area (Å²) in [5.41, 5.74) is 3.83. The first kappa shape index (κ1) is 32.6. The number of anilines is 3. The van der Waals surface area contributed by atoms with Crippen LogP contribution in [0.4, 0.5) is 30.2 Å². The highest BCUT2D eigenvalue weighted by atomic mass is 32.2. The molecular formula is C30H34F3N5O5S. The van der Waals surface area contributed by atoms with Gasteiger partial charge in [-0.15, -0.1) is 0 Å². The molecular weight excluding hydrogens is 599 g/mol. The normalized spacial score (nSPS) is 15.7. The lowest BCUT2D eigenvalue weighted by atomic mass is 10.1. The molecule has 0 spiro atoms. The largest absolute Gasteiger partial charge is 0.490 e. The number of hydrogen-bond donors (Lipinski definition) is 3. The van der Waals surface area contributed by atoms with E-state index in [-0.39, 0.29) is 10.8 Å². The molecule has 14 heteroatoms. The highest BCUT2D eigenvalue weighted by molar-refractivity contribution is 7.92. The van der Waals surface area contributed by atoms with Crippen LogP contribution in [0, 0.1) is 6.92 Å². The number of carbonyl (C=O) groups is 2. The molecule has 2 aliphatic rings. The van der Waals surface area contributed by atoms with Gasteiger partial charge in [0.2, 0.25) is 0 Å². The van der Waals surface area contributed by atoms with Crippen LogP contribution in [0.25, 0.3) is 0 Å². The van der Waals surface area contributed by atoms with E-state index in [0.29, 0.717) is 24.3 Å². The summed E-state index contributed by atoms with van der Waals surface area (Å²) in [6.07, 6.45) is -5.08. The molecule has 2 heterocycles. The Kier molecular flexibility index (Phi) is 10.4. The van der Waals surface area contributed by atoms with Crippen molar-refractivity contribution >= 4 is 39.0 Å². The molecule has 44 heavy (non-hydrogen) atoms. The number of rotatable bonds is 6. The highest BCUT2D eigenvalue weighted by Crippen LogP contribution is 2.31. The SMILES string of the molecule is Cc1ccc(S(=O)(=O)Nc2cc(C(=O)N3CCN(c4ccccc4)CC3)ccc2N2CCNCC2)cc1.O=C(O)C(F)(F)F. The van der Waals surface area contributed by atoms with Crippen LogP contribution in [0.1, 0.15) is 15.9 Å². The van der Waals surface area contributed by atoms with E-state index in [1.165, 1.54) is 0 Å². The van der Waals surface area contributed by atoms with Crippen molar-refractivity contribution in [2.45, 2.75) is 18.0 Å². The third-order valence-electron chi connectivity index (χ3n) is 7.21. The van der Waals surface area contributed by atoms with Gasteiger partial charge in [0.05, 0.1) is 16.3 Å². The molecule has 0 aromatic heterocycles. The molecule has 0 unspecified atom stereocenters. The van der Waals surface area contributed by atoms with Crippen molar-refractivity contribution in [1.82, 2.24) is 10.2 Å². The molecule has 2 fully saturated rings. The molecule has 2 saturated heterocycles. The quantitative estimate of drug-likeness (QED) is 0.375. The van der Waals surface area contributed by atoms with E-state index < -0.39 is 22.2 Å². The van der Waals surface area contributed by atoms with Gasteiger partial charge in [0.1, 0.15) is 0 Å². The molecule has 3 N–H and O–H groups in total. The Labute approximate surface area is 254 Å². The van der Waals surface area contributed by atoms with Crippen molar-refractivity contribution in [1.29, 1.82) is 0 Å². The Hall–Kier alpha value is -4.30. The Morgan fingerprint density at radius 3 is 2.00 bits per heavy atom. The Balaban J connectivity index is 0.000000566. The number of alkyl halides is 3. The second kappa shape index (κ2) is 14.0. The van der Waals surface area contributed by atoms with Crippen molar-refractivity contribution in [2.75, 3.05) is 66.9 Å². The second-order valence-electron chi connectivity index (χ2n) is 10.3. The van der Waals surface area contributed by atoms with E-state index >= 15 is 0 Å². The first-order chi connectivity index (χ1) is 20.8. The van der Waals surface area contributed by atoms with Crippen LogP contribution in [0.3, 0.4) is 0 Å². The molecule has 0 aliphatic carbocycles. The summed E-state index contributed by atoms with van der Waals surface area (Å²) >= 11 is 0. The number of aryl methyl sites for hydroxylation is 1. The van der Waals surface area contributed by atoms with Crippen LogP contribution in [-0.2, 0) is 14.8 Å². The minimum absolute atomic E-state index is 0.0876. The molecule has 0 saturated carbocycles. The number of carboxylic acid groups (broad SMARTS) is 1.